The van der Waals surface area contributed by atoms with E-state index in [-0.39, 0.29) is 41.5 Å². The van der Waals surface area contributed by atoms with Gasteiger partial charge in [-0.25, -0.2) is 4.98 Å². The van der Waals surface area contributed by atoms with E-state index in [0.29, 0.717) is 6.54 Å². The predicted octanol–water partition coefficient (Wildman–Crippen LogP) is 4.40. The molecule has 1 aliphatic heterocycles. The molecule has 7 heteroatoms. The molecule has 6 nitrogen and oxygen atoms in total. The van der Waals surface area contributed by atoms with E-state index in [1.54, 1.807) is 16.2 Å². The second-order valence-electron chi connectivity index (χ2n) is 11.2. The molecular weight excluding hydrogens is 434 g/mol. The van der Waals surface area contributed by atoms with Crippen LogP contribution in [0.3, 0.4) is 0 Å². The summed E-state index contributed by atoms with van der Waals surface area (Å²) in [5.74, 6) is -0.548. The number of hydrogen-bond donors (Lipinski definition) is 2. The summed E-state index contributed by atoms with van der Waals surface area (Å²) in [6, 6.07) is 7.41. The molecule has 1 aromatic carbocycles. The van der Waals surface area contributed by atoms with E-state index in [2.05, 4.69) is 51.8 Å². The second-order valence-corrected chi connectivity index (χ2v) is 12.1. The molecule has 3 rings (SSSR count). The molecule has 1 saturated heterocycles. The molecule has 2 unspecified atom stereocenters. The van der Waals surface area contributed by atoms with Crippen LogP contribution in [0.25, 0.3) is 10.4 Å². The molecule has 180 valence electrons. The van der Waals surface area contributed by atoms with Crippen molar-refractivity contribution in [1.82, 2.24) is 15.2 Å². The van der Waals surface area contributed by atoms with Crippen LogP contribution in [0.1, 0.15) is 59.2 Å². The fraction of sp³-hybridized carbons (Fsp3) is 0.577. The lowest BCUT2D eigenvalue weighted by Gasteiger charge is -2.42. The van der Waals surface area contributed by atoms with Gasteiger partial charge in [-0.05, 0) is 28.9 Å². The van der Waals surface area contributed by atoms with Crippen molar-refractivity contribution in [3.63, 3.8) is 0 Å². The van der Waals surface area contributed by atoms with E-state index in [4.69, 9.17) is 0 Å². The van der Waals surface area contributed by atoms with Crippen LogP contribution < -0.4 is 5.32 Å². The van der Waals surface area contributed by atoms with Crippen LogP contribution >= 0.6 is 11.3 Å². The molecule has 0 radical (unpaired) electrons. The number of benzene rings is 1. The largest absolute Gasteiger partial charge is 0.391 e. The van der Waals surface area contributed by atoms with Crippen molar-refractivity contribution in [1.29, 1.82) is 0 Å². The Labute approximate surface area is 201 Å². The number of aliphatic hydroxyl groups excluding tert-OH is 1. The molecule has 1 aromatic heterocycles. The van der Waals surface area contributed by atoms with Crippen LogP contribution in [-0.2, 0) is 16.1 Å². The summed E-state index contributed by atoms with van der Waals surface area (Å²) in [4.78, 5) is 33.7. The highest BCUT2D eigenvalue weighted by Gasteiger charge is 2.47. The van der Waals surface area contributed by atoms with Gasteiger partial charge in [-0.3, -0.25) is 9.59 Å². The Bertz CT molecular complexity index is 971. The van der Waals surface area contributed by atoms with Gasteiger partial charge in [0, 0.05) is 25.4 Å². The number of aryl methyl sites for hydroxylation is 1. The first kappa shape index (κ1) is 25.4. The van der Waals surface area contributed by atoms with Crippen LogP contribution in [0, 0.1) is 23.7 Å². The maximum Gasteiger partial charge on any atom is 0.243 e. The highest BCUT2D eigenvalue weighted by atomic mass is 32.1. The zero-order valence-electron chi connectivity index (χ0n) is 20.8. The van der Waals surface area contributed by atoms with E-state index in [9.17, 15) is 14.7 Å². The minimum absolute atomic E-state index is 0.0593. The van der Waals surface area contributed by atoms with Crippen LogP contribution in [0.4, 0.5) is 0 Å². The highest BCUT2D eigenvalue weighted by molar-refractivity contribution is 7.13. The van der Waals surface area contributed by atoms with Gasteiger partial charge in [-0.1, -0.05) is 65.8 Å². The molecule has 2 amide bonds. The summed E-state index contributed by atoms with van der Waals surface area (Å²) in [7, 11) is 0. The molecular formula is C26H37N3O3S. The van der Waals surface area contributed by atoms with E-state index in [1.165, 1.54) is 0 Å². The molecule has 1 fully saturated rings. The maximum absolute atomic E-state index is 13.6. The maximum atomic E-state index is 13.6. The van der Waals surface area contributed by atoms with Crippen LogP contribution in [0.5, 0.6) is 0 Å². The third kappa shape index (κ3) is 5.82. The normalized spacial score (nSPS) is 19.2. The fourth-order valence-corrected chi connectivity index (χ4v) is 5.98. The first-order valence-electron chi connectivity index (χ1n) is 11.5. The van der Waals surface area contributed by atoms with Gasteiger partial charge in [-0.15, -0.1) is 11.3 Å². The Morgan fingerprint density at radius 3 is 2.27 bits per heavy atom. The van der Waals surface area contributed by atoms with Crippen molar-refractivity contribution in [2.75, 3.05) is 6.54 Å². The monoisotopic (exact) mass is 471 g/mol. The number of aromatic nitrogens is 1. The van der Waals surface area contributed by atoms with Crippen molar-refractivity contribution in [2.45, 2.75) is 73.6 Å². The Balaban J connectivity index is 1.69. The SMILES string of the molecule is Cc1ncsc1-c1ccc(CNC(=O)C2CC(O)CN2C(=O)C(C(C)(C)C)C(C)(C)C)cc1. The van der Waals surface area contributed by atoms with Crippen molar-refractivity contribution >= 4 is 23.2 Å². The van der Waals surface area contributed by atoms with Gasteiger partial charge in [0.05, 0.1) is 22.2 Å². The number of β-amino-alcohol motifs (C(OH)–C–C–N with tert-alkyl or cyclic N) is 1. The van der Waals surface area contributed by atoms with E-state index >= 15 is 0 Å². The Morgan fingerprint density at radius 1 is 1.15 bits per heavy atom. The standard InChI is InChI=1S/C26H37N3O3S/c1-16-21(33-15-28-16)18-10-8-17(9-11-18)13-27-23(31)20-12-19(30)14-29(20)24(32)22(25(2,3)4)26(5,6)7/h8-11,15,19-20,22,30H,12-14H2,1-7H3,(H,27,31). The quantitative estimate of drug-likeness (QED) is 0.677. The van der Waals surface area contributed by atoms with Crippen molar-refractivity contribution < 1.29 is 14.7 Å². The lowest BCUT2D eigenvalue weighted by Crippen LogP contribution is -2.52. The van der Waals surface area contributed by atoms with Gasteiger partial charge in [0.2, 0.25) is 11.8 Å². The molecule has 0 aliphatic carbocycles. The van der Waals surface area contributed by atoms with Crippen molar-refractivity contribution in [3.05, 3.63) is 41.0 Å². The molecule has 0 spiro atoms. The lowest BCUT2D eigenvalue weighted by molar-refractivity contribution is -0.149. The van der Waals surface area contributed by atoms with Crippen molar-refractivity contribution in [3.8, 4) is 10.4 Å². The Kier molecular flexibility index (Phi) is 7.34. The number of amides is 2. The Hall–Kier alpha value is -2.25. The zero-order valence-corrected chi connectivity index (χ0v) is 21.6. The van der Waals surface area contributed by atoms with Gasteiger partial charge < -0.3 is 15.3 Å². The number of thiazole rings is 1. The number of nitrogens with one attached hydrogen (secondary N) is 1. The van der Waals surface area contributed by atoms with Crippen LogP contribution in [0.15, 0.2) is 29.8 Å². The van der Waals surface area contributed by atoms with Gasteiger partial charge in [0.25, 0.3) is 0 Å². The molecule has 1 aliphatic rings. The van der Waals surface area contributed by atoms with Gasteiger partial charge >= 0.3 is 0 Å². The number of rotatable bonds is 5. The van der Waals surface area contributed by atoms with E-state index in [0.717, 1.165) is 21.7 Å². The molecule has 2 N–H and O–H groups in total. The topological polar surface area (TPSA) is 82.5 Å². The first-order chi connectivity index (χ1) is 15.3. The number of aliphatic hydroxyl groups is 1. The smallest absolute Gasteiger partial charge is 0.243 e. The minimum atomic E-state index is -0.688. The van der Waals surface area contributed by atoms with Gasteiger partial charge in [0.15, 0.2) is 0 Å². The molecule has 0 saturated carbocycles. The summed E-state index contributed by atoms with van der Waals surface area (Å²) in [6.07, 6.45) is -0.422. The van der Waals surface area contributed by atoms with Gasteiger partial charge in [-0.2, -0.15) is 0 Å². The number of nitrogens with zero attached hydrogens (tertiary/aromatic N) is 2. The summed E-state index contributed by atoms with van der Waals surface area (Å²) in [6.45, 7) is 14.9. The molecule has 2 atom stereocenters. The molecule has 33 heavy (non-hydrogen) atoms. The van der Waals surface area contributed by atoms with Crippen LogP contribution in [-0.4, -0.2) is 45.5 Å². The molecule has 0 bridgehead atoms. The summed E-state index contributed by atoms with van der Waals surface area (Å²) >= 11 is 1.61. The number of carbonyl (C=O) groups is 2. The third-order valence-electron chi connectivity index (χ3n) is 6.27. The predicted molar refractivity (Wildman–Crippen MR) is 133 cm³/mol. The first-order valence-corrected chi connectivity index (χ1v) is 12.4. The molecule has 2 heterocycles. The minimum Gasteiger partial charge on any atom is -0.391 e. The average molecular weight is 472 g/mol. The Morgan fingerprint density at radius 2 is 1.76 bits per heavy atom. The second kappa shape index (κ2) is 9.55. The number of carbonyl (C=O) groups excluding carboxylic acids is 2. The third-order valence-corrected chi connectivity index (χ3v) is 7.25. The summed E-state index contributed by atoms with van der Waals surface area (Å²) in [5.41, 5.74) is 4.41. The lowest BCUT2D eigenvalue weighted by atomic mass is 9.66. The highest BCUT2D eigenvalue weighted by Crippen LogP contribution is 2.42. The van der Waals surface area contributed by atoms with Gasteiger partial charge in [0.1, 0.15) is 6.04 Å². The van der Waals surface area contributed by atoms with Crippen molar-refractivity contribution in [2.24, 2.45) is 16.7 Å². The number of hydrogen-bond acceptors (Lipinski definition) is 5. The van der Waals surface area contributed by atoms with E-state index < -0.39 is 12.1 Å². The van der Waals surface area contributed by atoms with Crippen LogP contribution in [0.2, 0.25) is 0 Å². The fourth-order valence-electron chi connectivity index (χ4n) is 5.17. The average Bonchev–Trinajstić information content (AvgIpc) is 3.30. The van der Waals surface area contributed by atoms with E-state index in [1.807, 2.05) is 36.7 Å². The number of likely N-dealkylation sites (tertiary alicyclic amines) is 1. The summed E-state index contributed by atoms with van der Waals surface area (Å²) in [5, 5.41) is 13.3. The summed E-state index contributed by atoms with van der Waals surface area (Å²) < 4.78 is 0. The molecule has 2 aromatic rings. The zero-order chi connectivity index (χ0) is 24.6.